The van der Waals surface area contributed by atoms with Gasteiger partial charge in [0.1, 0.15) is 6.29 Å². The van der Waals surface area contributed by atoms with Gasteiger partial charge in [-0.1, -0.05) is 24.3 Å². The van der Waals surface area contributed by atoms with E-state index in [0.29, 0.717) is 12.7 Å². The zero-order valence-corrected chi connectivity index (χ0v) is 10.5. The summed E-state index contributed by atoms with van der Waals surface area (Å²) in [5, 5.41) is 9.08. The zero-order valence-electron chi connectivity index (χ0n) is 10.5. The first-order valence-corrected chi connectivity index (χ1v) is 6.06. The summed E-state index contributed by atoms with van der Waals surface area (Å²) >= 11 is 0. The van der Waals surface area contributed by atoms with E-state index < -0.39 is 0 Å². The van der Waals surface area contributed by atoms with Gasteiger partial charge in [0.05, 0.1) is 13.2 Å². The highest BCUT2D eigenvalue weighted by Crippen LogP contribution is 2.21. The van der Waals surface area contributed by atoms with E-state index in [1.54, 1.807) is 6.20 Å². The molecule has 0 atom stereocenters. The third-order valence-corrected chi connectivity index (χ3v) is 3.01. The molecule has 0 saturated carbocycles. The molecule has 0 aliphatic heterocycles. The number of allylic oxidation sites excluding steroid dienone is 4. The smallest absolute Gasteiger partial charge is 0.251 e. The van der Waals surface area contributed by atoms with Crippen LogP contribution in [0.5, 0.6) is 0 Å². The second-order valence-corrected chi connectivity index (χ2v) is 4.26. The minimum atomic E-state index is -0.190. The highest BCUT2D eigenvalue weighted by Gasteiger charge is 2.05. The average molecular weight is 257 g/mol. The van der Waals surface area contributed by atoms with Crippen molar-refractivity contribution in [1.29, 1.82) is 0 Å². The van der Waals surface area contributed by atoms with Gasteiger partial charge >= 0.3 is 0 Å². The summed E-state index contributed by atoms with van der Waals surface area (Å²) in [4.78, 5) is 22.2. The maximum absolute atomic E-state index is 11.8. The van der Waals surface area contributed by atoms with Crippen LogP contribution in [0, 0.1) is 0 Å². The first-order valence-electron chi connectivity index (χ1n) is 6.06. The molecule has 2 rings (SSSR count). The molecule has 1 heterocycles. The molecular weight excluding hydrogens is 242 g/mol. The van der Waals surface area contributed by atoms with Gasteiger partial charge < -0.3 is 14.5 Å². The minimum Gasteiger partial charge on any atom is -0.392 e. The van der Waals surface area contributed by atoms with Gasteiger partial charge in [-0.3, -0.25) is 4.79 Å². The SMILES string of the molecule is O=CCn1ccc(C2=CC=CC(CO)=CC2)cc1=O. The number of aldehydes is 1. The van der Waals surface area contributed by atoms with E-state index in [2.05, 4.69) is 0 Å². The summed E-state index contributed by atoms with van der Waals surface area (Å²) < 4.78 is 1.36. The number of carbonyl (C=O) groups is 1. The number of aliphatic hydroxyl groups excluding tert-OH is 1. The van der Waals surface area contributed by atoms with Gasteiger partial charge in [-0.25, -0.2) is 0 Å². The van der Waals surface area contributed by atoms with Crippen LogP contribution in [0.1, 0.15) is 12.0 Å². The van der Waals surface area contributed by atoms with Crippen LogP contribution >= 0.6 is 0 Å². The van der Waals surface area contributed by atoms with Gasteiger partial charge in [0.2, 0.25) is 0 Å². The number of aliphatic hydroxyl groups is 1. The van der Waals surface area contributed by atoms with E-state index in [1.165, 1.54) is 10.6 Å². The Morgan fingerprint density at radius 1 is 1.42 bits per heavy atom. The molecular formula is C15H15NO3. The Labute approximate surface area is 111 Å². The molecule has 1 aromatic rings. The molecule has 1 aromatic heterocycles. The maximum Gasteiger partial charge on any atom is 0.251 e. The van der Waals surface area contributed by atoms with Crippen molar-refractivity contribution in [2.45, 2.75) is 13.0 Å². The lowest BCUT2D eigenvalue weighted by Gasteiger charge is -2.06. The largest absolute Gasteiger partial charge is 0.392 e. The molecule has 19 heavy (non-hydrogen) atoms. The van der Waals surface area contributed by atoms with Crippen molar-refractivity contribution in [3.63, 3.8) is 0 Å². The third-order valence-electron chi connectivity index (χ3n) is 3.01. The van der Waals surface area contributed by atoms with Crippen molar-refractivity contribution < 1.29 is 9.90 Å². The Kier molecular flexibility index (Phi) is 4.26. The first kappa shape index (κ1) is 13.2. The lowest BCUT2D eigenvalue weighted by Crippen LogP contribution is -2.19. The predicted octanol–water partition coefficient (Wildman–Crippen LogP) is 1.31. The third kappa shape index (κ3) is 3.17. The van der Waals surface area contributed by atoms with E-state index in [9.17, 15) is 9.59 Å². The van der Waals surface area contributed by atoms with Gasteiger partial charge in [-0.05, 0) is 29.2 Å². The van der Waals surface area contributed by atoms with Crippen LogP contribution in [-0.2, 0) is 11.3 Å². The van der Waals surface area contributed by atoms with Gasteiger partial charge in [0.15, 0.2) is 0 Å². The van der Waals surface area contributed by atoms with Crippen molar-refractivity contribution in [3.8, 4) is 0 Å². The molecule has 0 radical (unpaired) electrons. The highest BCUT2D eigenvalue weighted by atomic mass is 16.3. The van der Waals surface area contributed by atoms with Crippen molar-refractivity contribution in [2.75, 3.05) is 6.61 Å². The van der Waals surface area contributed by atoms with Gasteiger partial charge in [0, 0.05) is 12.3 Å². The normalized spacial score (nSPS) is 14.6. The summed E-state index contributed by atoms with van der Waals surface area (Å²) in [6.07, 6.45) is 10.6. The fourth-order valence-electron chi connectivity index (χ4n) is 1.93. The van der Waals surface area contributed by atoms with Crippen LogP contribution < -0.4 is 5.56 Å². The topological polar surface area (TPSA) is 59.3 Å². The molecule has 1 aliphatic carbocycles. The number of carbonyl (C=O) groups excluding carboxylic acids is 1. The van der Waals surface area contributed by atoms with Crippen LogP contribution in [0.15, 0.2) is 53.0 Å². The van der Waals surface area contributed by atoms with Crippen LogP contribution in [0.2, 0.25) is 0 Å². The minimum absolute atomic E-state index is 0.0125. The van der Waals surface area contributed by atoms with Crippen molar-refractivity contribution in [3.05, 3.63) is 64.1 Å². The first-order chi connectivity index (χ1) is 9.24. The van der Waals surface area contributed by atoms with E-state index >= 15 is 0 Å². The lowest BCUT2D eigenvalue weighted by molar-refractivity contribution is -0.108. The van der Waals surface area contributed by atoms with E-state index in [0.717, 1.165) is 16.7 Å². The Morgan fingerprint density at radius 2 is 2.26 bits per heavy atom. The quantitative estimate of drug-likeness (QED) is 0.827. The van der Waals surface area contributed by atoms with E-state index in [1.807, 2.05) is 30.4 Å². The summed E-state index contributed by atoms with van der Waals surface area (Å²) in [5.41, 5.74) is 2.52. The van der Waals surface area contributed by atoms with Crippen LogP contribution in [0.25, 0.3) is 5.57 Å². The fraction of sp³-hybridized carbons (Fsp3) is 0.200. The lowest BCUT2D eigenvalue weighted by atomic mass is 10.0. The molecule has 0 bridgehead atoms. The molecule has 0 unspecified atom stereocenters. The summed E-state index contributed by atoms with van der Waals surface area (Å²) in [5.74, 6) is 0. The molecule has 98 valence electrons. The second-order valence-electron chi connectivity index (χ2n) is 4.26. The molecule has 4 heteroatoms. The molecule has 0 saturated heterocycles. The number of nitrogens with zero attached hydrogens (tertiary/aromatic N) is 1. The van der Waals surface area contributed by atoms with Crippen LogP contribution in [0.3, 0.4) is 0 Å². The van der Waals surface area contributed by atoms with Crippen molar-refractivity contribution in [2.24, 2.45) is 0 Å². The van der Waals surface area contributed by atoms with Gasteiger partial charge in [0.25, 0.3) is 5.56 Å². The molecule has 4 nitrogen and oxygen atoms in total. The average Bonchev–Trinajstić information content (AvgIpc) is 2.66. The molecule has 1 N–H and O–H groups in total. The fourth-order valence-corrected chi connectivity index (χ4v) is 1.93. The standard InChI is InChI=1S/C15H15NO3/c17-9-8-16-7-6-14(10-15(16)19)13-3-1-2-12(11-18)4-5-13/h1-4,6-7,9-10,18H,5,8,11H2. The zero-order chi connectivity index (χ0) is 13.7. The Morgan fingerprint density at radius 3 is 2.95 bits per heavy atom. The van der Waals surface area contributed by atoms with Gasteiger partial charge in [-0.2, -0.15) is 0 Å². The molecule has 0 amide bonds. The number of hydrogen-bond acceptors (Lipinski definition) is 3. The van der Waals surface area contributed by atoms with Crippen LogP contribution in [-0.4, -0.2) is 22.6 Å². The summed E-state index contributed by atoms with van der Waals surface area (Å²) in [6, 6.07) is 3.35. The highest BCUT2D eigenvalue weighted by molar-refractivity contribution is 5.69. The maximum atomic E-state index is 11.8. The van der Waals surface area contributed by atoms with Crippen LogP contribution in [0.4, 0.5) is 0 Å². The van der Waals surface area contributed by atoms with E-state index in [-0.39, 0.29) is 18.7 Å². The number of aromatic nitrogens is 1. The monoisotopic (exact) mass is 257 g/mol. The van der Waals surface area contributed by atoms with Gasteiger partial charge in [-0.15, -0.1) is 0 Å². The van der Waals surface area contributed by atoms with E-state index in [4.69, 9.17) is 5.11 Å². The number of pyridine rings is 1. The number of rotatable bonds is 4. The Bertz CT molecular complexity index is 621. The Balaban J connectivity index is 2.29. The summed E-state index contributed by atoms with van der Waals surface area (Å²) in [6.45, 7) is 0.0885. The molecule has 0 fully saturated rings. The molecule has 1 aliphatic rings. The predicted molar refractivity (Wildman–Crippen MR) is 73.7 cm³/mol. The van der Waals surface area contributed by atoms with Crippen molar-refractivity contribution >= 4 is 11.9 Å². The molecule has 0 spiro atoms. The van der Waals surface area contributed by atoms with Crippen molar-refractivity contribution in [1.82, 2.24) is 4.57 Å². The second kappa shape index (κ2) is 6.11. The molecule has 0 aromatic carbocycles. The summed E-state index contributed by atoms with van der Waals surface area (Å²) in [7, 11) is 0. The Hall–Kier alpha value is -2.20. The number of hydrogen-bond donors (Lipinski definition) is 1.